The van der Waals surface area contributed by atoms with Crippen molar-refractivity contribution >= 4 is 34.3 Å². The molecule has 3 nitrogen and oxygen atoms in total. The monoisotopic (exact) mass is 293 g/mol. The fraction of sp³-hybridized carbons (Fsp3) is 0.0588. The summed E-state index contributed by atoms with van der Waals surface area (Å²) >= 11 is 5.96. The Bertz CT molecular complexity index is 884. The Morgan fingerprint density at radius 3 is 2.90 bits per heavy atom. The van der Waals surface area contributed by atoms with Crippen molar-refractivity contribution in [1.82, 2.24) is 9.97 Å². The molecule has 0 aliphatic rings. The minimum absolute atomic E-state index is 0.478. The van der Waals surface area contributed by atoms with E-state index in [2.05, 4.69) is 16.0 Å². The summed E-state index contributed by atoms with van der Waals surface area (Å²) in [5.41, 5.74) is 4.27. The van der Waals surface area contributed by atoms with E-state index < -0.39 is 0 Å². The lowest BCUT2D eigenvalue weighted by molar-refractivity contribution is 1.27. The molecular weight excluding hydrogens is 282 g/mol. The van der Waals surface area contributed by atoms with Crippen LogP contribution in [0, 0.1) is 18.3 Å². The van der Waals surface area contributed by atoms with E-state index in [9.17, 15) is 5.26 Å². The van der Waals surface area contributed by atoms with E-state index in [0.717, 1.165) is 22.2 Å². The fourth-order valence-electron chi connectivity index (χ4n) is 2.17. The number of allylic oxidation sites excluding steroid dienone is 1. The van der Waals surface area contributed by atoms with E-state index in [1.165, 1.54) is 0 Å². The second kappa shape index (κ2) is 5.43. The summed E-state index contributed by atoms with van der Waals surface area (Å²) in [4.78, 5) is 7.65. The van der Waals surface area contributed by atoms with Crippen LogP contribution in [-0.2, 0) is 0 Å². The molecule has 0 saturated carbocycles. The largest absolute Gasteiger partial charge is 0.337 e. The molecule has 1 N–H and O–H groups in total. The minimum atomic E-state index is 0.478. The van der Waals surface area contributed by atoms with Gasteiger partial charge in [-0.05, 0) is 48.4 Å². The number of benzene rings is 2. The quantitative estimate of drug-likeness (QED) is 0.703. The Kier molecular flexibility index (Phi) is 3.47. The Morgan fingerprint density at radius 1 is 1.29 bits per heavy atom. The van der Waals surface area contributed by atoms with Gasteiger partial charge >= 0.3 is 0 Å². The molecular formula is C17H12ClN3. The molecule has 0 saturated heterocycles. The summed E-state index contributed by atoms with van der Waals surface area (Å²) in [5.74, 6) is 0.568. The van der Waals surface area contributed by atoms with Crippen LogP contribution < -0.4 is 0 Å². The highest BCUT2D eigenvalue weighted by Gasteiger charge is 2.08. The van der Waals surface area contributed by atoms with Gasteiger partial charge in [0.1, 0.15) is 11.9 Å². The van der Waals surface area contributed by atoms with Gasteiger partial charge in [-0.15, -0.1) is 0 Å². The van der Waals surface area contributed by atoms with Gasteiger partial charge in [-0.1, -0.05) is 29.8 Å². The Hall–Kier alpha value is -2.57. The molecule has 102 valence electrons. The predicted octanol–water partition coefficient (Wildman–Crippen LogP) is 4.59. The minimum Gasteiger partial charge on any atom is -0.337 e. The topological polar surface area (TPSA) is 52.5 Å². The van der Waals surface area contributed by atoms with Crippen LogP contribution in [0.1, 0.15) is 17.0 Å². The Labute approximate surface area is 127 Å². The number of aromatic amines is 1. The number of halogens is 1. The van der Waals surface area contributed by atoms with Crippen molar-refractivity contribution < 1.29 is 0 Å². The van der Waals surface area contributed by atoms with E-state index in [1.807, 2.05) is 43.3 Å². The Balaban J connectivity index is 2.08. The smallest absolute Gasteiger partial charge is 0.149 e. The summed E-state index contributed by atoms with van der Waals surface area (Å²) in [6.45, 7) is 2.02. The first-order valence-electron chi connectivity index (χ1n) is 6.50. The number of aryl methyl sites for hydroxylation is 1. The van der Waals surface area contributed by atoms with Crippen LogP contribution in [0.15, 0.2) is 42.5 Å². The number of nitrogens with zero attached hydrogens (tertiary/aromatic N) is 2. The average Bonchev–Trinajstić information content (AvgIpc) is 2.87. The molecule has 2 aromatic carbocycles. The van der Waals surface area contributed by atoms with E-state index >= 15 is 0 Å². The summed E-state index contributed by atoms with van der Waals surface area (Å²) < 4.78 is 0. The molecule has 0 aliphatic heterocycles. The third-order valence-corrected chi connectivity index (χ3v) is 3.41. The zero-order valence-electron chi connectivity index (χ0n) is 11.4. The number of aromatic nitrogens is 2. The molecule has 0 unspecified atom stereocenters. The number of hydrogen-bond acceptors (Lipinski definition) is 2. The van der Waals surface area contributed by atoms with Gasteiger partial charge in [0, 0.05) is 5.02 Å². The number of hydrogen-bond donors (Lipinski definition) is 1. The lowest BCUT2D eigenvalue weighted by Gasteiger charge is -1.96. The van der Waals surface area contributed by atoms with Crippen molar-refractivity contribution in [2.24, 2.45) is 0 Å². The molecule has 1 aromatic heterocycles. The normalized spacial score (nSPS) is 11.6. The van der Waals surface area contributed by atoms with Gasteiger partial charge in [0.25, 0.3) is 0 Å². The van der Waals surface area contributed by atoms with Crippen molar-refractivity contribution in [2.75, 3.05) is 0 Å². The van der Waals surface area contributed by atoms with Crippen LogP contribution >= 0.6 is 11.6 Å². The highest BCUT2D eigenvalue weighted by molar-refractivity contribution is 6.30. The van der Waals surface area contributed by atoms with Gasteiger partial charge in [-0.2, -0.15) is 5.26 Å². The maximum Gasteiger partial charge on any atom is 0.149 e. The van der Waals surface area contributed by atoms with Crippen LogP contribution in [0.5, 0.6) is 0 Å². The second-order valence-corrected chi connectivity index (χ2v) is 5.27. The highest BCUT2D eigenvalue weighted by Crippen LogP contribution is 2.21. The first-order valence-corrected chi connectivity index (χ1v) is 6.87. The van der Waals surface area contributed by atoms with Crippen molar-refractivity contribution in [3.63, 3.8) is 0 Å². The number of imidazole rings is 1. The molecule has 0 radical (unpaired) electrons. The van der Waals surface area contributed by atoms with E-state index in [0.29, 0.717) is 16.4 Å². The van der Waals surface area contributed by atoms with E-state index in [4.69, 9.17) is 11.6 Å². The van der Waals surface area contributed by atoms with E-state index in [1.54, 1.807) is 12.1 Å². The number of fused-ring (bicyclic) bond motifs is 1. The second-order valence-electron chi connectivity index (χ2n) is 4.83. The van der Waals surface area contributed by atoms with Gasteiger partial charge in [-0.25, -0.2) is 4.98 Å². The molecule has 1 heterocycles. The number of rotatable bonds is 2. The lowest BCUT2D eigenvalue weighted by atomic mass is 10.1. The molecule has 0 bridgehead atoms. The molecule has 4 heteroatoms. The average molecular weight is 294 g/mol. The van der Waals surface area contributed by atoms with Gasteiger partial charge in [0.15, 0.2) is 0 Å². The lowest BCUT2D eigenvalue weighted by Crippen LogP contribution is -1.84. The molecule has 3 aromatic rings. The first kappa shape index (κ1) is 13.4. The molecule has 21 heavy (non-hydrogen) atoms. The molecule has 0 amide bonds. The summed E-state index contributed by atoms with van der Waals surface area (Å²) in [6.07, 6.45) is 1.77. The SMILES string of the molecule is Cc1ccc2nc(/C(C#N)=C\c3cccc(Cl)c3)[nH]c2c1. The van der Waals surface area contributed by atoms with Crippen molar-refractivity contribution in [1.29, 1.82) is 5.26 Å². The van der Waals surface area contributed by atoms with Crippen LogP contribution in [0.2, 0.25) is 5.02 Å². The van der Waals surface area contributed by atoms with Crippen molar-refractivity contribution in [3.8, 4) is 6.07 Å². The third-order valence-electron chi connectivity index (χ3n) is 3.17. The number of H-pyrrole nitrogens is 1. The number of nitriles is 1. The summed E-state index contributed by atoms with van der Waals surface area (Å²) in [6, 6.07) is 15.5. The zero-order chi connectivity index (χ0) is 14.8. The molecule has 0 aliphatic carbocycles. The van der Waals surface area contributed by atoms with Gasteiger partial charge in [0.05, 0.1) is 16.6 Å². The third kappa shape index (κ3) is 2.81. The number of nitrogens with one attached hydrogen (secondary N) is 1. The predicted molar refractivity (Wildman–Crippen MR) is 85.8 cm³/mol. The fourth-order valence-corrected chi connectivity index (χ4v) is 2.37. The van der Waals surface area contributed by atoms with Gasteiger partial charge in [-0.3, -0.25) is 0 Å². The van der Waals surface area contributed by atoms with Crippen LogP contribution in [-0.4, -0.2) is 9.97 Å². The maximum absolute atomic E-state index is 9.38. The Morgan fingerprint density at radius 2 is 2.14 bits per heavy atom. The standard InChI is InChI=1S/C17H12ClN3/c1-11-5-6-15-16(7-11)21-17(20-15)13(10-19)8-12-3-2-4-14(18)9-12/h2-9H,1H3,(H,20,21)/b13-8-. The molecule has 0 spiro atoms. The van der Waals surface area contributed by atoms with Crippen molar-refractivity contribution in [3.05, 3.63) is 64.4 Å². The highest BCUT2D eigenvalue weighted by atomic mass is 35.5. The summed E-state index contributed by atoms with van der Waals surface area (Å²) in [5, 5.41) is 10.0. The summed E-state index contributed by atoms with van der Waals surface area (Å²) in [7, 11) is 0. The van der Waals surface area contributed by atoms with Crippen LogP contribution in [0.3, 0.4) is 0 Å². The first-order chi connectivity index (χ1) is 10.2. The van der Waals surface area contributed by atoms with Gasteiger partial charge in [0.2, 0.25) is 0 Å². The van der Waals surface area contributed by atoms with Crippen LogP contribution in [0.4, 0.5) is 0 Å². The maximum atomic E-state index is 9.38. The zero-order valence-corrected chi connectivity index (χ0v) is 12.1. The molecule has 0 atom stereocenters. The van der Waals surface area contributed by atoms with Gasteiger partial charge < -0.3 is 4.98 Å². The van der Waals surface area contributed by atoms with Crippen molar-refractivity contribution in [2.45, 2.75) is 6.92 Å². The molecule has 3 rings (SSSR count). The molecule has 0 fully saturated rings. The van der Waals surface area contributed by atoms with Crippen LogP contribution in [0.25, 0.3) is 22.7 Å². The van der Waals surface area contributed by atoms with E-state index in [-0.39, 0.29) is 0 Å².